The number of benzene rings is 1. The monoisotopic (exact) mass is 314 g/mol. The van der Waals surface area contributed by atoms with Gasteiger partial charge in [-0.2, -0.15) is 0 Å². The lowest BCUT2D eigenvalue weighted by Crippen LogP contribution is -3.16. The van der Waals surface area contributed by atoms with Crippen molar-refractivity contribution >= 4 is 11.6 Å². The standard InChI is InChI=1S/C16H24ClNO3/c1-11-6-15(4-5-16(11)17)20-10-14(19)9-18-7-12(2)21-13(3)8-18/h4-6,12-14,19H,7-10H2,1-3H3/p+1/t12-,13+,14-/m0/s1. The first-order valence-corrected chi connectivity index (χ1v) is 7.88. The summed E-state index contributed by atoms with van der Waals surface area (Å²) in [6, 6.07) is 5.53. The lowest BCUT2D eigenvalue weighted by Gasteiger charge is -2.33. The number of aliphatic hydroxyl groups is 1. The molecule has 2 N–H and O–H groups in total. The van der Waals surface area contributed by atoms with Gasteiger partial charge in [0.05, 0.1) is 0 Å². The molecular weight excluding hydrogens is 290 g/mol. The van der Waals surface area contributed by atoms with Crippen LogP contribution in [0.2, 0.25) is 5.02 Å². The number of aryl methyl sites for hydroxylation is 1. The number of hydrogen-bond donors (Lipinski definition) is 2. The molecule has 1 aliphatic rings. The second kappa shape index (κ2) is 7.45. The first kappa shape index (κ1) is 16.6. The molecule has 0 aromatic heterocycles. The topological polar surface area (TPSA) is 43.1 Å². The Hall–Kier alpha value is -0.810. The molecule has 1 aliphatic heterocycles. The minimum absolute atomic E-state index is 0.246. The van der Waals surface area contributed by atoms with Gasteiger partial charge in [0.2, 0.25) is 0 Å². The molecular formula is C16H25ClNO3+. The highest BCUT2D eigenvalue weighted by atomic mass is 35.5. The third kappa shape index (κ3) is 5.15. The third-order valence-electron chi connectivity index (χ3n) is 3.71. The zero-order chi connectivity index (χ0) is 15.4. The van der Waals surface area contributed by atoms with Gasteiger partial charge in [-0.25, -0.2) is 0 Å². The minimum atomic E-state index is -0.478. The number of ether oxygens (including phenoxy) is 2. The van der Waals surface area contributed by atoms with Gasteiger partial charge in [0.1, 0.15) is 50.3 Å². The van der Waals surface area contributed by atoms with Crippen LogP contribution in [0.25, 0.3) is 0 Å². The molecule has 0 saturated carbocycles. The molecule has 4 nitrogen and oxygen atoms in total. The van der Waals surface area contributed by atoms with Crippen molar-refractivity contribution in [2.75, 3.05) is 26.2 Å². The second-order valence-electron chi connectivity index (χ2n) is 6.00. The number of aliphatic hydroxyl groups excluding tert-OH is 1. The Kier molecular flexibility index (Phi) is 5.88. The highest BCUT2D eigenvalue weighted by Crippen LogP contribution is 2.21. The Morgan fingerprint density at radius 1 is 1.38 bits per heavy atom. The van der Waals surface area contributed by atoms with Crippen LogP contribution in [-0.4, -0.2) is 49.7 Å². The van der Waals surface area contributed by atoms with Crippen LogP contribution < -0.4 is 9.64 Å². The van der Waals surface area contributed by atoms with Crippen molar-refractivity contribution in [1.82, 2.24) is 0 Å². The van der Waals surface area contributed by atoms with E-state index in [1.54, 1.807) is 0 Å². The Labute approximate surface area is 131 Å². The lowest BCUT2D eigenvalue weighted by atomic mass is 10.2. The van der Waals surface area contributed by atoms with Crippen LogP contribution in [0.4, 0.5) is 0 Å². The smallest absolute Gasteiger partial charge is 0.137 e. The SMILES string of the molecule is Cc1cc(OC[C@@H](O)C[NH+]2C[C@@H](C)O[C@@H](C)C2)ccc1Cl. The number of morpholine rings is 1. The molecule has 0 bridgehead atoms. The van der Waals surface area contributed by atoms with E-state index < -0.39 is 6.10 Å². The summed E-state index contributed by atoms with van der Waals surface area (Å²) >= 11 is 5.98. The molecule has 4 atom stereocenters. The van der Waals surface area contributed by atoms with Crippen molar-refractivity contribution in [1.29, 1.82) is 0 Å². The Morgan fingerprint density at radius 2 is 2.05 bits per heavy atom. The molecule has 2 rings (SSSR count). The molecule has 0 radical (unpaired) electrons. The van der Waals surface area contributed by atoms with Crippen LogP contribution in [0, 0.1) is 6.92 Å². The van der Waals surface area contributed by atoms with Crippen molar-refractivity contribution < 1.29 is 19.5 Å². The summed E-state index contributed by atoms with van der Waals surface area (Å²) in [7, 11) is 0. The first-order valence-electron chi connectivity index (χ1n) is 7.50. The Balaban J connectivity index is 1.79. The van der Waals surface area contributed by atoms with E-state index in [9.17, 15) is 5.11 Å². The van der Waals surface area contributed by atoms with Gasteiger partial charge in [0, 0.05) is 5.02 Å². The molecule has 1 unspecified atom stereocenters. The second-order valence-corrected chi connectivity index (χ2v) is 6.40. The summed E-state index contributed by atoms with van der Waals surface area (Å²) < 4.78 is 11.4. The number of quaternary nitrogens is 1. The van der Waals surface area contributed by atoms with Crippen molar-refractivity contribution in [3.8, 4) is 5.75 Å². The molecule has 1 saturated heterocycles. The van der Waals surface area contributed by atoms with Gasteiger partial charge in [0.25, 0.3) is 0 Å². The molecule has 1 aromatic carbocycles. The highest BCUT2D eigenvalue weighted by molar-refractivity contribution is 6.31. The quantitative estimate of drug-likeness (QED) is 0.855. The van der Waals surface area contributed by atoms with Crippen LogP contribution in [0.3, 0.4) is 0 Å². The van der Waals surface area contributed by atoms with Crippen molar-refractivity contribution in [2.45, 2.75) is 39.1 Å². The fourth-order valence-electron chi connectivity index (χ4n) is 2.85. The van der Waals surface area contributed by atoms with Crippen LogP contribution in [-0.2, 0) is 4.74 Å². The Morgan fingerprint density at radius 3 is 2.67 bits per heavy atom. The largest absolute Gasteiger partial charge is 0.491 e. The van der Waals surface area contributed by atoms with Crippen LogP contribution >= 0.6 is 11.6 Å². The molecule has 1 aromatic rings. The van der Waals surface area contributed by atoms with Gasteiger partial charge in [-0.15, -0.1) is 0 Å². The number of halogens is 1. The van der Waals surface area contributed by atoms with Gasteiger partial charge in [0.15, 0.2) is 0 Å². The molecule has 0 aliphatic carbocycles. The normalized spacial score (nSPS) is 27.4. The predicted octanol–water partition coefficient (Wildman–Crippen LogP) is 1.08. The zero-order valence-electron chi connectivity index (χ0n) is 12.9. The summed E-state index contributed by atoms with van der Waals surface area (Å²) in [6.45, 7) is 8.94. The molecule has 0 amide bonds. The number of rotatable bonds is 5. The summed E-state index contributed by atoms with van der Waals surface area (Å²) in [5.74, 6) is 0.745. The van der Waals surface area contributed by atoms with Crippen molar-refractivity contribution in [3.63, 3.8) is 0 Å². The van der Waals surface area contributed by atoms with Crippen LogP contribution in [0.5, 0.6) is 5.75 Å². The first-order chi connectivity index (χ1) is 9.94. The maximum atomic E-state index is 10.1. The van der Waals surface area contributed by atoms with E-state index in [-0.39, 0.29) is 12.2 Å². The van der Waals surface area contributed by atoms with Crippen molar-refractivity contribution in [3.05, 3.63) is 28.8 Å². The lowest BCUT2D eigenvalue weighted by molar-refractivity contribution is -0.918. The van der Waals surface area contributed by atoms with Crippen LogP contribution in [0.15, 0.2) is 18.2 Å². The third-order valence-corrected chi connectivity index (χ3v) is 4.14. The molecule has 5 heteroatoms. The summed E-state index contributed by atoms with van der Waals surface area (Å²) in [5, 5.41) is 10.9. The highest BCUT2D eigenvalue weighted by Gasteiger charge is 2.27. The van der Waals surface area contributed by atoms with E-state index in [1.807, 2.05) is 25.1 Å². The molecule has 118 valence electrons. The van der Waals surface area contributed by atoms with Gasteiger partial charge in [-0.05, 0) is 44.5 Å². The van der Waals surface area contributed by atoms with E-state index in [0.717, 1.165) is 29.4 Å². The minimum Gasteiger partial charge on any atom is -0.491 e. The van der Waals surface area contributed by atoms with Crippen LogP contribution in [0.1, 0.15) is 19.4 Å². The fraction of sp³-hybridized carbons (Fsp3) is 0.625. The zero-order valence-corrected chi connectivity index (χ0v) is 13.7. The maximum absolute atomic E-state index is 10.1. The summed E-state index contributed by atoms with van der Waals surface area (Å²) in [4.78, 5) is 1.37. The summed E-state index contributed by atoms with van der Waals surface area (Å²) in [6.07, 6.45) is 0.0139. The molecule has 1 heterocycles. The average molecular weight is 315 g/mol. The Bertz CT molecular complexity index is 459. The van der Waals surface area contributed by atoms with E-state index in [1.165, 1.54) is 4.90 Å². The van der Waals surface area contributed by atoms with Gasteiger partial charge in [-0.3, -0.25) is 0 Å². The van der Waals surface area contributed by atoms with E-state index >= 15 is 0 Å². The fourth-order valence-corrected chi connectivity index (χ4v) is 2.96. The van der Waals surface area contributed by atoms with Crippen molar-refractivity contribution in [2.24, 2.45) is 0 Å². The number of hydrogen-bond acceptors (Lipinski definition) is 3. The molecule has 0 spiro atoms. The summed E-state index contributed by atoms with van der Waals surface area (Å²) in [5.41, 5.74) is 0.977. The predicted molar refractivity (Wildman–Crippen MR) is 83.3 cm³/mol. The van der Waals surface area contributed by atoms with E-state index in [4.69, 9.17) is 21.1 Å². The maximum Gasteiger partial charge on any atom is 0.137 e. The average Bonchev–Trinajstić information content (AvgIpc) is 2.39. The van der Waals surface area contributed by atoms with E-state index in [2.05, 4.69) is 13.8 Å². The van der Waals surface area contributed by atoms with E-state index in [0.29, 0.717) is 13.2 Å². The van der Waals surface area contributed by atoms with Gasteiger partial charge >= 0.3 is 0 Å². The van der Waals surface area contributed by atoms with Gasteiger partial charge < -0.3 is 19.5 Å². The molecule has 21 heavy (non-hydrogen) atoms. The molecule has 1 fully saturated rings. The number of nitrogens with one attached hydrogen (secondary N) is 1. The van der Waals surface area contributed by atoms with Gasteiger partial charge in [-0.1, -0.05) is 11.6 Å².